The van der Waals surface area contributed by atoms with Crippen LogP contribution in [-0.4, -0.2) is 70.2 Å². The van der Waals surface area contributed by atoms with Crippen LogP contribution in [0.25, 0.3) is 22.3 Å². The number of likely N-dealkylation sites (tertiary alicyclic amines) is 2. The molecule has 0 saturated carbocycles. The molecule has 3 heterocycles. The number of aliphatic hydroxyl groups is 1. The lowest BCUT2D eigenvalue weighted by molar-refractivity contribution is 0.0792. The summed E-state index contributed by atoms with van der Waals surface area (Å²) in [4.78, 5) is 34.7. The van der Waals surface area contributed by atoms with Crippen molar-refractivity contribution in [2.75, 3.05) is 37.2 Å². The molecule has 2 saturated heterocycles. The summed E-state index contributed by atoms with van der Waals surface area (Å²) in [7, 11) is 0. The Labute approximate surface area is 257 Å². The maximum Gasteiger partial charge on any atom is 0.321 e. The van der Waals surface area contributed by atoms with Gasteiger partial charge in [0.15, 0.2) is 0 Å². The largest absolute Gasteiger partial charge is 0.393 e. The van der Waals surface area contributed by atoms with Crippen LogP contribution in [-0.2, 0) is 6.54 Å². The van der Waals surface area contributed by atoms with Crippen molar-refractivity contribution in [3.05, 3.63) is 102 Å². The molecule has 226 valence electrons. The van der Waals surface area contributed by atoms with Gasteiger partial charge in [0.1, 0.15) is 5.82 Å². The number of anilines is 2. The molecule has 1 atom stereocenters. The minimum atomic E-state index is -0.302. The second kappa shape index (κ2) is 13.3. The summed E-state index contributed by atoms with van der Waals surface area (Å²) in [5, 5.41) is 15.8. The zero-order valence-electron chi connectivity index (χ0n) is 24.7. The number of nitrogen functional groups attached to an aromatic ring is 1. The first-order valence-corrected chi connectivity index (χ1v) is 15.2. The van der Waals surface area contributed by atoms with Crippen LogP contribution >= 0.6 is 0 Å². The molecular weight excluding hydrogens is 552 g/mol. The van der Waals surface area contributed by atoms with E-state index in [2.05, 4.69) is 32.7 Å². The van der Waals surface area contributed by atoms with Gasteiger partial charge in [-0.25, -0.2) is 9.78 Å². The Kier molecular flexibility index (Phi) is 8.86. The first-order valence-electron chi connectivity index (χ1n) is 15.2. The number of hydrogen-bond donors (Lipinski definition) is 4. The van der Waals surface area contributed by atoms with Crippen LogP contribution in [0.2, 0.25) is 0 Å². The standard InChI is InChI=1S/C35H38N6O3/c36-33-32(20-28(21-37-33)26-11-9-24(10-12-26)22-40-16-14-31(42)15-17-40)34(43)38-30-13-18-41(23-30)35(44)39-29-8-4-7-27(19-29)25-5-2-1-3-6-25/h1-12,19-21,30-31,42H,13-18,22-23H2,(H2,36,37)(H,38,43)(H,39,44). The second-order valence-electron chi connectivity index (χ2n) is 11.6. The lowest BCUT2D eigenvalue weighted by Gasteiger charge is -2.29. The lowest BCUT2D eigenvalue weighted by Crippen LogP contribution is -2.40. The van der Waals surface area contributed by atoms with Crippen molar-refractivity contribution >= 4 is 23.4 Å². The van der Waals surface area contributed by atoms with Gasteiger partial charge in [0.25, 0.3) is 5.91 Å². The summed E-state index contributed by atoms with van der Waals surface area (Å²) in [6.07, 6.45) is 3.78. The van der Waals surface area contributed by atoms with Gasteiger partial charge in [-0.1, -0.05) is 66.7 Å². The Morgan fingerprint density at radius 2 is 1.57 bits per heavy atom. The lowest BCUT2D eigenvalue weighted by atomic mass is 10.0. The number of nitrogens with two attached hydrogens (primary N) is 1. The molecule has 6 rings (SSSR count). The normalized spacial score (nSPS) is 17.4. The highest BCUT2D eigenvalue weighted by Gasteiger charge is 2.28. The molecule has 2 fully saturated rings. The van der Waals surface area contributed by atoms with E-state index in [1.807, 2.05) is 66.7 Å². The molecule has 0 bridgehead atoms. The first-order chi connectivity index (χ1) is 21.4. The minimum absolute atomic E-state index is 0.168. The third kappa shape index (κ3) is 7.07. The quantitative estimate of drug-likeness (QED) is 0.241. The van der Waals surface area contributed by atoms with Crippen LogP contribution in [0.1, 0.15) is 35.2 Å². The highest BCUT2D eigenvalue weighted by molar-refractivity contribution is 5.99. The Bertz CT molecular complexity index is 1600. The van der Waals surface area contributed by atoms with Crippen molar-refractivity contribution in [2.24, 2.45) is 0 Å². The summed E-state index contributed by atoms with van der Waals surface area (Å²) in [6.45, 7) is 3.58. The van der Waals surface area contributed by atoms with Crippen LogP contribution in [0.3, 0.4) is 0 Å². The van der Waals surface area contributed by atoms with E-state index in [9.17, 15) is 14.7 Å². The molecule has 1 aromatic heterocycles. The van der Waals surface area contributed by atoms with Gasteiger partial charge in [0.2, 0.25) is 0 Å². The van der Waals surface area contributed by atoms with Crippen molar-refractivity contribution in [3.63, 3.8) is 0 Å². The van der Waals surface area contributed by atoms with E-state index < -0.39 is 0 Å². The average molecular weight is 591 g/mol. The topological polar surface area (TPSA) is 124 Å². The van der Waals surface area contributed by atoms with Gasteiger partial charge in [-0.05, 0) is 59.7 Å². The third-order valence-corrected chi connectivity index (χ3v) is 8.45. The number of aromatic nitrogens is 1. The van der Waals surface area contributed by atoms with Crippen molar-refractivity contribution in [1.29, 1.82) is 0 Å². The van der Waals surface area contributed by atoms with Crippen molar-refractivity contribution in [3.8, 4) is 22.3 Å². The highest BCUT2D eigenvalue weighted by atomic mass is 16.3. The summed E-state index contributed by atoms with van der Waals surface area (Å²) >= 11 is 0. The monoisotopic (exact) mass is 590 g/mol. The van der Waals surface area contributed by atoms with Crippen LogP contribution in [0, 0.1) is 0 Å². The second-order valence-corrected chi connectivity index (χ2v) is 11.6. The van der Waals surface area contributed by atoms with E-state index >= 15 is 0 Å². The summed E-state index contributed by atoms with van der Waals surface area (Å²) in [5.41, 5.74) is 12.2. The highest BCUT2D eigenvalue weighted by Crippen LogP contribution is 2.25. The summed E-state index contributed by atoms with van der Waals surface area (Å²) < 4.78 is 0. The number of rotatable bonds is 7. The van der Waals surface area contributed by atoms with Crippen molar-refractivity contribution in [2.45, 2.75) is 38.0 Å². The molecule has 1 unspecified atom stereocenters. The number of carbonyl (C=O) groups is 2. The number of aliphatic hydroxyl groups excluding tert-OH is 1. The zero-order chi connectivity index (χ0) is 30.5. The van der Waals surface area contributed by atoms with Gasteiger partial charge in [-0.2, -0.15) is 0 Å². The van der Waals surface area contributed by atoms with Gasteiger partial charge in [0.05, 0.1) is 11.7 Å². The number of nitrogens with one attached hydrogen (secondary N) is 2. The van der Waals surface area contributed by atoms with Crippen LogP contribution in [0.4, 0.5) is 16.3 Å². The predicted octanol–water partition coefficient (Wildman–Crippen LogP) is 4.99. The fourth-order valence-corrected chi connectivity index (χ4v) is 5.89. The molecule has 4 aromatic rings. The third-order valence-electron chi connectivity index (χ3n) is 8.45. The van der Waals surface area contributed by atoms with Crippen molar-refractivity contribution < 1.29 is 14.7 Å². The van der Waals surface area contributed by atoms with E-state index in [-0.39, 0.29) is 29.9 Å². The van der Waals surface area contributed by atoms with Gasteiger partial charge in [-0.15, -0.1) is 0 Å². The van der Waals surface area contributed by atoms with Crippen LogP contribution < -0.4 is 16.4 Å². The predicted molar refractivity (Wildman–Crippen MR) is 173 cm³/mol. The van der Waals surface area contributed by atoms with Crippen LogP contribution in [0.5, 0.6) is 0 Å². The Morgan fingerprint density at radius 3 is 2.34 bits per heavy atom. The Hall–Kier alpha value is -4.73. The molecular formula is C35H38N6O3. The molecule has 3 amide bonds. The Morgan fingerprint density at radius 1 is 0.841 bits per heavy atom. The molecule has 0 spiro atoms. The smallest absolute Gasteiger partial charge is 0.321 e. The summed E-state index contributed by atoms with van der Waals surface area (Å²) in [5.74, 6) is -0.135. The fourth-order valence-electron chi connectivity index (χ4n) is 5.89. The van der Waals surface area contributed by atoms with Gasteiger partial charge in [0, 0.05) is 56.2 Å². The number of nitrogens with zero attached hydrogens (tertiary/aromatic N) is 3. The number of benzene rings is 3. The van der Waals surface area contributed by atoms with Gasteiger partial charge < -0.3 is 26.4 Å². The number of piperidine rings is 1. The molecule has 5 N–H and O–H groups in total. The Balaban J connectivity index is 1.04. The molecule has 0 aliphatic carbocycles. The number of amides is 3. The zero-order valence-corrected chi connectivity index (χ0v) is 24.7. The fraction of sp³-hybridized carbons (Fsp3) is 0.286. The molecule has 9 nitrogen and oxygen atoms in total. The van der Waals surface area contributed by atoms with Crippen LogP contribution in [0.15, 0.2) is 91.1 Å². The number of urea groups is 1. The van der Waals surface area contributed by atoms with E-state index in [0.29, 0.717) is 25.1 Å². The molecule has 2 aliphatic heterocycles. The van der Waals surface area contributed by atoms with Crippen molar-refractivity contribution in [1.82, 2.24) is 20.1 Å². The molecule has 44 heavy (non-hydrogen) atoms. The molecule has 9 heteroatoms. The maximum absolute atomic E-state index is 13.3. The van der Waals surface area contributed by atoms with E-state index in [0.717, 1.165) is 60.4 Å². The molecule has 2 aliphatic rings. The first kappa shape index (κ1) is 29.3. The number of carbonyl (C=O) groups excluding carboxylic acids is 2. The molecule has 3 aromatic carbocycles. The molecule has 0 radical (unpaired) electrons. The van der Waals surface area contributed by atoms with Gasteiger partial charge in [-0.3, -0.25) is 9.69 Å². The number of hydrogen-bond acceptors (Lipinski definition) is 6. The summed E-state index contributed by atoms with van der Waals surface area (Å²) in [6, 6.07) is 27.4. The maximum atomic E-state index is 13.3. The number of pyridine rings is 1. The van der Waals surface area contributed by atoms with Gasteiger partial charge >= 0.3 is 6.03 Å². The minimum Gasteiger partial charge on any atom is -0.393 e. The SMILES string of the molecule is Nc1ncc(-c2ccc(CN3CCC(O)CC3)cc2)cc1C(=O)NC1CCN(C(=O)Nc2cccc(-c3ccccc3)c2)C1. The van der Waals surface area contributed by atoms with E-state index in [1.165, 1.54) is 5.56 Å². The van der Waals surface area contributed by atoms with E-state index in [4.69, 9.17) is 5.73 Å². The van der Waals surface area contributed by atoms with E-state index in [1.54, 1.807) is 17.2 Å². The average Bonchev–Trinajstić information content (AvgIpc) is 3.52.